The largest absolute Gasteiger partial charge is 0.493 e. The highest BCUT2D eigenvalue weighted by Gasteiger charge is 2.19. The summed E-state index contributed by atoms with van der Waals surface area (Å²) in [6, 6.07) is 7.54. The lowest BCUT2D eigenvalue weighted by Gasteiger charge is -2.16. The molecule has 0 aliphatic rings. The van der Waals surface area contributed by atoms with Gasteiger partial charge < -0.3 is 10.5 Å². The number of halogens is 1. The van der Waals surface area contributed by atoms with Crippen molar-refractivity contribution in [2.24, 2.45) is 5.73 Å². The fourth-order valence-electron chi connectivity index (χ4n) is 2.16. The van der Waals surface area contributed by atoms with E-state index in [2.05, 4.69) is 5.10 Å². The van der Waals surface area contributed by atoms with Crippen LogP contribution in [0.25, 0.3) is 0 Å². The van der Waals surface area contributed by atoms with Gasteiger partial charge in [0.2, 0.25) is 0 Å². The molecule has 0 bridgehead atoms. The van der Waals surface area contributed by atoms with Crippen LogP contribution >= 0.6 is 11.6 Å². The fraction of sp³-hybridized carbons (Fsp3) is 0.357. The molecular formula is C14H18ClN3O. The molecule has 1 heterocycles. The van der Waals surface area contributed by atoms with Gasteiger partial charge >= 0.3 is 0 Å². The van der Waals surface area contributed by atoms with Crippen LogP contribution < -0.4 is 10.5 Å². The van der Waals surface area contributed by atoms with E-state index in [0.717, 1.165) is 28.6 Å². The van der Waals surface area contributed by atoms with E-state index in [1.807, 2.05) is 35.9 Å². The molecule has 0 aliphatic heterocycles. The number of nitrogens with two attached hydrogens (primary N) is 1. The number of nitrogens with zero attached hydrogens (tertiary/aromatic N) is 2. The number of benzene rings is 1. The minimum absolute atomic E-state index is 0.197. The molecule has 2 aromatic rings. The number of aryl methyl sites for hydroxylation is 1. The Balaban J connectivity index is 2.27. The number of rotatable bonds is 5. The van der Waals surface area contributed by atoms with Crippen LogP contribution in [0.4, 0.5) is 0 Å². The van der Waals surface area contributed by atoms with E-state index in [1.165, 1.54) is 0 Å². The van der Waals surface area contributed by atoms with E-state index in [4.69, 9.17) is 22.1 Å². The lowest BCUT2D eigenvalue weighted by atomic mass is 10.0. The second kappa shape index (κ2) is 6.08. The molecule has 0 saturated heterocycles. The average molecular weight is 280 g/mol. The van der Waals surface area contributed by atoms with Gasteiger partial charge in [-0.25, -0.2) is 0 Å². The molecule has 2 N–H and O–H groups in total. The van der Waals surface area contributed by atoms with Crippen LogP contribution in [0, 0.1) is 0 Å². The molecule has 0 aliphatic carbocycles. The lowest BCUT2D eigenvalue weighted by Crippen LogP contribution is -2.19. The highest BCUT2D eigenvalue weighted by Crippen LogP contribution is 2.27. The van der Waals surface area contributed by atoms with Crippen molar-refractivity contribution in [3.05, 3.63) is 46.7 Å². The van der Waals surface area contributed by atoms with E-state index in [1.54, 1.807) is 13.3 Å². The molecule has 1 aromatic heterocycles. The van der Waals surface area contributed by atoms with Crippen molar-refractivity contribution in [3.8, 4) is 5.75 Å². The fourth-order valence-corrected chi connectivity index (χ4v) is 2.37. The molecule has 0 radical (unpaired) electrons. The molecule has 1 atom stereocenters. The first-order valence-corrected chi connectivity index (χ1v) is 6.63. The molecule has 1 unspecified atom stereocenters. The Bertz CT molecular complexity index is 532. The summed E-state index contributed by atoms with van der Waals surface area (Å²) >= 11 is 6.17. The highest BCUT2D eigenvalue weighted by molar-refractivity contribution is 6.31. The second-order valence-corrected chi connectivity index (χ2v) is 4.72. The molecule has 1 aromatic carbocycles. The molecule has 5 heteroatoms. The first-order valence-electron chi connectivity index (χ1n) is 6.26. The Morgan fingerprint density at radius 2 is 2.16 bits per heavy atom. The first kappa shape index (κ1) is 13.9. The Kier molecular flexibility index (Phi) is 4.45. The van der Waals surface area contributed by atoms with Crippen LogP contribution in [0.3, 0.4) is 0 Å². The van der Waals surface area contributed by atoms with Crippen molar-refractivity contribution < 1.29 is 4.74 Å². The monoisotopic (exact) mass is 279 g/mol. The Morgan fingerprint density at radius 1 is 1.42 bits per heavy atom. The lowest BCUT2D eigenvalue weighted by molar-refractivity contribution is 0.401. The maximum absolute atomic E-state index is 6.29. The van der Waals surface area contributed by atoms with E-state index >= 15 is 0 Å². The van der Waals surface area contributed by atoms with Crippen LogP contribution in [0.1, 0.15) is 24.2 Å². The zero-order valence-corrected chi connectivity index (χ0v) is 11.9. The minimum atomic E-state index is -0.197. The first-order chi connectivity index (χ1) is 9.17. The van der Waals surface area contributed by atoms with Gasteiger partial charge in [-0.1, -0.05) is 29.8 Å². The molecule has 0 saturated carbocycles. The summed E-state index contributed by atoms with van der Waals surface area (Å²) < 4.78 is 7.18. The molecular weight excluding hydrogens is 262 g/mol. The Morgan fingerprint density at radius 3 is 2.79 bits per heavy atom. The average Bonchev–Trinajstić information content (AvgIpc) is 2.84. The molecule has 0 spiro atoms. The van der Waals surface area contributed by atoms with Gasteiger partial charge in [-0.2, -0.15) is 5.10 Å². The molecule has 4 nitrogen and oxygen atoms in total. The maximum atomic E-state index is 6.29. The quantitative estimate of drug-likeness (QED) is 0.916. The molecule has 19 heavy (non-hydrogen) atoms. The molecule has 0 amide bonds. The molecule has 2 rings (SSSR count). The summed E-state index contributed by atoms with van der Waals surface area (Å²) in [5, 5.41) is 5.00. The van der Waals surface area contributed by atoms with Gasteiger partial charge in [-0.3, -0.25) is 4.68 Å². The third-order valence-corrected chi connectivity index (χ3v) is 3.48. The number of aromatic nitrogens is 2. The molecule has 0 fully saturated rings. The third kappa shape index (κ3) is 2.91. The van der Waals surface area contributed by atoms with Gasteiger partial charge in [0, 0.05) is 11.6 Å². The van der Waals surface area contributed by atoms with Gasteiger partial charge in [-0.15, -0.1) is 0 Å². The van der Waals surface area contributed by atoms with E-state index in [0.29, 0.717) is 6.42 Å². The summed E-state index contributed by atoms with van der Waals surface area (Å²) in [7, 11) is 1.63. The van der Waals surface area contributed by atoms with Crippen LogP contribution in [0.15, 0.2) is 30.5 Å². The normalized spacial score (nSPS) is 12.4. The SMILES string of the molecule is CCn1ncc(OC)c1C(N)Cc1ccccc1Cl. The summed E-state index contributed by atoms with van der Waals surface area (Å²) in [5.74, 6) is 0.724. The summed E-state index contributed by atoms with van der Waals surface area (Å²) in [5.41, 5.74) is 8.23. The van der Waals surface area contributed by atoms with Gasteiger partial charge in [0.05, 0.1) is 25.0 Å². The summed E-state index contributed by atoms with van der Waals surface area (Å²) in [4.78, 5) is 0. The van der Waals surface area contributed by atoms with Crippen LogP contribution in [0.5, 0.6) is 5.75 Å². The Hall–Kier alpha value is -1.52. The van der Waals surface area contributed by atoms with Gasteiger partial charge in [-0.05, 0) is 25.0 Å². The maximum Gasteiger partial charge on any atom is 0.161 e. The van der Waals surface area contributed by atoms with Gasteiger partial charge in [0.25, 0.3) is 0 Å². The smallest absolute Gasteiger partial charge is 0.161 e. The van der Waals surface area contributed by atoms with Crippen LogP contribution in [-0.2, 0) is 13.0 Å². The number of hydrogen-bond acceptors (Lipinski definition) is 3. The Labute approximate surface area is 118 Å². The summed E-state index contributed by atoms with van der Waals surface area (Å²) in [6.45, 7) is 2.78. The van der Waals surface area contributed by atoms with Crippen molar-refractivity contribution >= 4 is 11.6 Å². The van der Waals surface area contributed by atoms with Gasteiger partial charge in [0.1, 0.15) is 0 Å². The van der Waals surface area contributed by atoms with Crippen LogP contribution in [-0.4, -0.2) is 16.9 Å². The van der Waals surface area contributed by atoms with Crippen molar-refractivity contribution in [1.29, 1.82) is 0 Å². The van der Waals surface area contributed by atoms with Crippen molar-refractivity contribution in [2.45, 2.75) is 25.9 Å². The predicted octanol–water partition coefficient (Wildman–Crippen LogP) is 2.81. The molecule has 102 valence electrons. The van der Waals surface area contributed by atoms with E-state index < -0.39 is 0 Å². The van der Waals surface area contributed by atoms with E-state index in [-0.39, 0.29) is 6.04 Å². The number of hydrogen-bond donors (Lipinski definition) is 1. The van der Waals surface area contributed by atoms with Crippen molar-refractivity contribution in [1.82, 2.24) is 9.78 Å². The number of methoxy groups -OCH3 is 1. The van der Waals surface area contributed by atoms with Gasteiger partial charge in [0.15, 0.2) is 5.75 Å². The minimum Gasteiger partial charge on any atom is -0.493 e. The third-order valence-electron chi connectivity index (χ3n) is 3.11. The second-order valence-electron chi connectivity index (χ2n) is 4.32. The topological polar surface area (TPSA) is 53.1 Å². The zero-order valence-electron chi connectivity index (χ0n) is 11.1. The van der Waals surface area contributed by atoms with Crippen molar-refractivity contribution in [2.75, 3.05) is 7.11 Å². The predicted molar refractivity (Wildman–Crippen MR) is 76.5 cm³/mol. The number of ether oxygens (including phenoxy) is 1. The standard InChI is InChI=1S/C14H18ClN3O/c1-3-18-14(13(19-2)9-17-18)12(16)8-10-6-4-5-7-11(10)15/h4-7,9,12H,3,8,16H2,1-2H3. The van der Waals surface area contributed by atoms with Crippen LogP contribution in [0.2, 0.25) is 5.02 Å². The van der Waals surface area contributed by atoms with E-state index in [9.17, 15) is 0 Å². The zero-order chi connectivity index (χ0) is 13.8. The summed E-state index contributed by atoms with van der Waals surface area (Å²) in [6.07, 6.45) is 2.35. The van der Waals surface area contributed by atoms with Crippen molar-refractivity contribution in [3.63, 3.8) is 0 Å². The highest BCUT2D eigenvalue weighted by atomic mass is 35.5.